The van der Waals surface area contributed by atoms with Crippen molar-refractivity contribution in [3.05, 3.63) is 56.9 Å². The van der Waals surface area contributed by atoms with Gasteiger partial charge in [-0.2, -0.15) is 0 Å². The van der Waals surface area contributed by atoms with Crippen molar-refractivity contribution in [2.24, 2.45) is 5.84 Å². The minimum atomic E-state index is -0.0256. The number of para-hydroxylation sites is 1. The van der Waals surface area contributed by atoms with E-state index in [9.17, 15) is 0 Å². The number of hydrogen-bond donors (Lipinski definition) is 2. The van der Waals surface area contributed by atoms with Crippen LogP contribution in [-0.4, -0.2) is 0 Å². The third-order valence-corrected chi connectivity index (χ3v) is 5.02. The maximum absolute atomic E-state index is 5.86. The molecule has 0 saturated carbocycles. The Balaban J connectivity index is 1.91. The van der Waals surface area contributed by atoms with Crippen LogP contribution in [0.25, 0.3) is 11.0 Å². The summed E-state index contributed by atoms with van der Waals surface area (Å²) in [6.07, 6.45) is 0.800. The van der Waals surface area contributed by atoms with E-state index in [2.05, 4.69) is 26.7 Å². The van der Waals surface area contributed by atoms with Gasteiger partial charge in [0.05, 0.1) is 6.04 Å². The molecule has 0 aliphatic carbocycles. The topological polar surface area (TPSA) is 51.2 Å². The average Bonchev–Trinajstić information content (AvgIpc) is 3.02. The van der Waals surface area contributed by atoms with Gasteiger partial charge in [-0.25, -0.2) is 5.43 Å². The molecule has 3 aromatic rings. The highest BCUT2D eigenvalue weighted by molar-refractivity contribution is 9.10. The summed E-state index contributed by atoms with van der Waals surface area (Å²) in [5.74, 6) is 6.54. The van der Waals surface area contributed by atoms with Crippen LogP contribution in [0, 0.1) is 0 Å². The van der Waals surface area contributed by atoms with Gasteiger partial charge in [0.25, 0.3) is 0 Å². The predicted octanol–water partition coefficient (Wildman–Crippen LogP) is 4.00. The van der Waals surface area contributed by atoms with Crippen LogP contribution in [0.5, 0.6) is 0 Å². The van der Waals surface area contributed by atoms with Gasteiger partial charge in [0.15, 0.2) is 0 Å². The molecule has 0 radical (unpaired) electrons. The Labute approximate surface area is 123 Å². The summed E-state index contributed by atoms with van der Waals surface area (Å²) in [6, 6.07) is 12.0. The van der Waals surface area contributed by atoms with Gasteiger partial charge >= 0.3 is 0 Å². The van der Waals surface area contributed by atoms with Crippen molar-refractivity contribution in [1.29, 1.82) is 0 Å². The highest BCUT2D eigenvalue weighted by atomic mass is 79.9. The number of nitrogens with one attached hydrogen (secondary N) is 1. The van der Waals surface area contributed by atoms with E-state index in [4.69, 9.17) is 10.3 Å². The molecule has 1 atom stereocenters. The summed E-state index contributed by atoms with van der Waals surface area (Å²) < 4.78 is 6.98. The van der Waals surface area contributed by atoms with Crippen molar-refractivity contribution in [2.75, 3.05) is 0 Å². The Morgan fingerprint density at radius 3 is 2.84 bits per heavy atom. The normalized spacial score (nSPS) is 12.9. The van der Waals surface area contributed by atoms with E-state index in [0.717, 1.165) is 27.6 Å². The minimum Gasteiger partial charge on any atom is -0.459 e. The fraction of sp³-hybridized carbons (Fsp3) is 0.143. The number of nitrogens with two attached hydrogens (primary N) is 1. The third-order valence-electron chi connectivity index (χ3n) is 3.07. The number of halogens is 1. The van der Waals surface area contributed by atoms with Gasteiger partial charge in [-0.3, -0.25) is 5.84 Å². The maximum Gasteiger partial charge on any atom is 0.134 e. The Bertz CT molecular complexity index is 658. The molecule has 3 rings (SSSR count). The van der Waals surface area contributed by atoms with E-state index < -0.39 is 0 Å². The summed E-state index contributed by atoms with van der Waals surface area (Å²) in [5, 5.41) is 3.16. The molecule has 0 bridgehead atoms. The molecule has 0 fully saturated rings. The number of hydrogen-bond acceptors (Lipinski definition) is 4. The van der Waals surface area contributed by atoms with E-state index in [1.165, 1.54) is 4.88 Å². The molecule has 0 amide bonds. The molecule has 2 heterocycles. The minimum absolute atomic E-state index is 0.0256. The van der Waals surface area contributed by atoms with E-state index in [-0.39, 0.29) is 6.04 Å². The Hall–Kier alpha value is -1.14. The molecule has 19 heavy (non-hydrogen) atoms. The first-order valence-electron chi connectivity index (χ1n) is 5.94. The molecular formula is C14H13BrN2OS. The molecule has 3 nitrogen and oxygen atoms in total. The largest absolute Gasteiger partial charge is 0.459 e. The van der Waals surface area contributed by atoms with Crippen LogP contribution >= 0.6 is 27.3 Å². The summed E-state index contributed by atoms with van der Waals surface area (Å²) in [4.78, 5) is 1.25. The van der Waals surface area contributed by atoms with Crippen molar-refractivity contribution < 1.29 is 4.42 Å². The van der Waals surface area contributed by atoms with Gasteiger partial charge in [-0.05, 0) is 39.5 Å². The van der Waals surface area contributed by atoms with Crippen molar-refractivity contribution >= 4 is 38.2 Å². The zero-order valence-electron chi connectivity index (χ0n) is 10.1. The van der Waals surface area contributed by atoms with Crippen LogP contribution in [0.2, 0.25) is 0 Å². The van der Waals surface area contributed by atoms with Gasteiger partial charge in [-0.15, -0.1) is 11.3 Å². The van der Waals surface area contributed by atoms with Crippen molar-refractivity contribution in [1.82, 2.24) is 5.43 Å². The second-order valence-corrected chi connectivity index (χ2v) is 6.16. The lowest BCUT2D eigenvalue weighted by molar-refractivity contribution is 0.436. The lowest BCUT2D eigenvalue weighted by Gasteiger charge is -2.12. The van der Waals surface area contributed by atoms with Gasteiger partial charge in [0.2, 0.25) is 0 Å². The van der Waals surface area contributed by atoms with Crippen LogP contribution in [0.15, 0.2) is 50.7 Å². The zero-order chi connectivity index (χ0) is 13.2. The SMILES string of the molecule is NNC(Cc1sccc1Br)c1cc2ccccc2o1. The number of furan rings is 1. The van der Waals surface area contributed by atoms with E-state index >= 15 is 0 Å². The van der Waals surface area contributed by atoms with Crippen molar-refractivity contribution in [3.8, 4) is 0 Å². The summed E-state index contributed by atoms with van der Waals surface area (Å²) >= 11 is 5.25. The Morgan fingerprint density at radius 2 is 2.16 bits per heavy atom. The molecule has 1 unspecified atom stereocenters. The van der Waals surface area contributed by atoms with Crippen molar-refractivity contribution in [3.63, 3.8) is 0 Å². The van der Waals surface area contributed by atoms with Crippen LogP contribution in [-0.2, 0) is 6.42 Å². The molecule has 2 aromatic heterocycles. The Kier molecular flexibility index (Phi) is 3.70. The van der Waals surface area contributed by atoms with E-state index in [0.29, 0.717) is 0 Å². The van der Waals surface area contributed by atoms with E-state index in [1.807, 2.05) is 36.4 Å². The first-order valence-corrected chi connectivity index (χ1v) is 7.61. The standard InChI is InChI=1S/C14H13BrN2OS/c15-10-5-6-19-14(10)8-11(17-16)13-7-9-3-1-2-4-12(9)18-13/h1-7,11,17H,8,16H2. The number of thiophene rings is 1. The molecular weight excluding hydrogens is 324 g/mol. The van der Waals surface area contributed by atoms with Crippen LogP contribution in [0.3, 0.4) is 0 Å². The second kappa shape index (κ2) is 5.46. The molecule has 98 valence electrons. The fourth-order valence-corrected chi connectivity index (χ4v) is 3.63. The highest BCUT2D eigenvalue weighted by Gasteiger charge is 2.17. The number of fused-ring (bicyclic) bond motifs is 1. The first kappa shape index (κ1) is 12.9. The zero-order valence-corrected chi connectivity index (χ0v) is 12.5. The second-order valence-electron chi connectivity index (χ2n) is 4.30. The van der Waals surface area contributed by atoms with Crippen molar-refractivity contribution in [2.45, 2.75) is 12.5 Å². The summed E-state index contributed by atoms with van der Waals surface area (Å²) in [7, 11) is 0. The molecule has 1 aromatic carbocycles. The summed E-state index contributed by atoms with van der Waals surface area (Å²) in [6.45, 7) is 0. The molecule has 0 aliphatic rings. The fourth-order valence-electron chi connectivity index (χ4n) is 2.07. The smallest absolute Gasteiger partial charge is 0.134 e. The quantitative estimate of drug-likeness (QED) is 0.559. The molecule has 5 heteroatoms. The first-order chi connectivity index (χ1) is 9.28. The van der Waals surface area contributed by atoms with Gasteiger partial charge in [0.1, 0.15) is 11.3 Å². The highest BCUT2D eigenvalue weighted by Crippen LogP contribution is 2.30. The molecule has 0 aliphatic heterocycles. The van der Waals surface area contributed by atoms with Gasteiger partial charge in [0, 0.05) is 21.2 Å². The maximum atomic E-state index is 5.86. The van der Waals surface area contributed by atoms with Crippen LogP contribution in [0.1, 0.15) is 16.7 Å². The van der Waals surface area contributed by atoms with Crippen LogP contribution < -0.4 is 11.3 Å². The lowest BCUT2D eigenvalue weighted by Crippen LogP contribution is -2.29. The number of hydrazine groups is 1. The predicted molar refractivity (Wildman–Crippen MR) is 82.0 cm³/mol. The van der Waals surface area contributed by atoms with Crippen LogP contribution in [0.4, 0.5) is 0 Å². The summed E-state index contributed by atoms with van der Waals surface area (Å²) in [5.41, 5.74) is 3.73. The number of benzene rings is 1. The monoisotopic (exact) mass is 336 g/mol. The number of rotatable bonds is 4. The van der Waals surface area contributed by atoms with Gasteiger partial charge in [-0.1, -0.05) is 18.2 Å². The lowest BCUT2D eigenvalue weighted by atomic mass is 10.1. The molecule has 0 spiro atoms. The average molecular weight is 337 g/mol. The molecule has 3 N–H and O–H groups in total. The van der Waals surface area contributed by atoms with Gasteiger partial charge < -0.3 is 4.42 Å². The third kappa shape index (κ3) is 2.60. The molecule has 0 saturated heterocycles. The van der Waals surface area contributed by atoms with E-state index in [1.54, 1.807) is 11.3 Å². The Morgan fingerprint density at radius 1 is 1.32 bits per heavy atom.